The van der Waals surface area contributed by atoms with E-state index in [4.69, 9.17) is 4.98 Å². The number of halogens is 1. The normalized spacial score (nSPS) is 13.7. The number of benzene rings is 1. The number of nitrogens with one attached hydrogen (secondary N) is 3. The second kappa shape index (κ2) is 9.85. The molecule has 0 saturated heterocycles. The molecule has 6 rings (SSSR count). The highest BCUT2D eigenvalue weighted by Crippen LogP contribution is 2.33. The fraction of sp³-hybridized carbons (Fsp3) is 0.138. The largest absolute Gasteiger partial charge is 0.337 e. The van der Waals surface area contributed by atoms with Crippen LogP contribution >= 0.6 is 0 Å². The molecule has 1 fully saturated rings. The standard InChI is InChI=1S/C29H24FN7O/c1-17(6-3-2-4-11-30)22-7-5-8-24-25(22)35-28(34-24)26-23-13-20(15-32-27(23)37-36-26)19-12-21(16-31-14-19)33-29(38)18-9-10-18/h2-8,12-16,18H,1,9-11H2,(H,33,38)(H,34,35)(H,32,36,37)/b4-2-,6-3-. The number of pyridine rings is 2. The maximum Gasteiger partial charge on any atom is 0.227 e. The van der Waals surface area contributed by atoms with Crippen molar-refractivity contribution in [1.29, 1.82) is 0 Å². The van der Waals surface area contributed by atoms with Crippen LogP contribution in [0.4, 0.5) is 10.1 Å². The topological polar surface area (TPSA) is 112 Å². The first-order chi connectivity index (χ1) is 18.6. The Morgan fingerprint density at radius 2 is 2.03 bits per heavy atom. The fourth-order valence-electron chi connectivity index (χ4n) is 4.30. The number of imidazole rings is 1. The van der Waals surface area contributed by atoms with Crippen molar-refractivity contribution in [3.8, 4) is 22.6 Å². The average Bonchev–Trinajstić information content (AvgIpc) is 3.57. The third kappa shape index (κ3) is 4.61. The molecule has 1 saturated carbocycles. The van der Waals surface area contributed by atoms with Crippen molar-refractivity contribution in [3.05, 3.63) is 85.4 Å². The van der Waals surface area contributed by atoms with E-state index >= 15 is 0 Å². The summed E-state index contributed by atoms with van der Waals surface area (Å²) in [4.78, 5) is 29.2. The number of hydrogen-bond acceptors (Lipinski definition) is 5. The first kappa shape index (κ1) is 23.5. The zero-order valence-electron chi connectivity index (χ0n) is 20.4. The van der Waals surface area contributed by atoms with Crippen LogP contribution in [-0.2, 0) is 4.79 Å². The Kier molecular flexibility index (Phi) is 6.09. The van der Waals surface area contributed by atoms with Crippen molar-refractivity contribution in [1.82, 2.24) is 30.1 Å². The lowest BCUT2D eigenvalue weighted by atomic mass is 10.1. The molecule has 0 spiro atoms. The number of hydrogen-bond donors (Lipinski definition) is 3. The second-order valence-electron chi connectivity index (χ2n) is 9.17. The van der Waals surface area contributed by atoms with Crippen LogP contribution < -0.4 is 5.32 Å². The number of anilines is 1. The van der Waals surface area contributed by atoms with E-state index in [1.807, 2.05) is 36.4 Å². The number of amides is 1. The van der Waals surface area contributed by atoms with Crippen LogP contribution in [0.25, 0.3) is 50.3 Å². The maximum atomic E-state index is 12.3. The highest BCUT2D eigenvalue weighted by atomic mass is 19.1. The molecule has 38 heavy (non-hydrogen) atoms. The summed E-state index contributed by atoms with van der Waals surface area (Å²) in [7, 11) is 0. The van der Waals surface area contributed by atoms with E-state index in [0.717, 1.165) is 51.5 Å². The molecule has 0 bridgehead atoms. The van der Waals surface area contributed by atoms with Crippen molar-refractivity contribution in [2.24, 2.45) is 5.92 Å². The van der Waals surface area contributed by atoms with E-state index in [2.05, 4.69) is 37.0 Å². The predicted molar refractivity (Wildman–Crippen MR) is 147 cm³/mol. The van der Waals surface area contributed by atoms with Gasteiger partial charge in [0, 0.05) is 35.0 Å². The third-order valence-corrected chi connectivity index (χ3v) is 6.43. The van der Waals surface area contributed by atoms with E-state index < -0.39 is 6.67 Å². The molecular weight excluding hydrogens is 481 g/mol. The summed E-state index contributed by atoms with van der Waals surface area (Å²) < 4.78 is 12.3. The van der Waals surface area contributed by atoms with E-state index in [-0.39, 0.29) is 11.8 Å². The first-order valence-corrected chi connectivity index (χ1v) is 12.3. The van der Waals surface area contributed by atoms with Gasteiger partial charge in [-0.05, 0) is 36.6 Å². The molecule has 1 aromatic carbocycles. The van der Waals surface area contributed by atoms with Gasteiger partial charge >= 0.3 is 0 Å². The molecule has 0 atom stereocenters. The van der Waals surface area contributed by atoms with Gasteiger partial charge in [-0.3, -0.25) is 14.9 Å². The third-order valence-electron chi connectivity index (χ3n) is 6.43. The van der Waals surface area contributed by atoms with Crippen molar-refractivity contribution >= 4 is 39.2 Å². The Hall–Kier alpha value is -4.92. The number of carbonyl (C=O) groups is 1. The molecular formula is C29H24FN7O. The molecule has 8 nitrogen and oxygen atoms in total. The van der Waals surface area contributed by atoms with Gasteiger partial charge < -0.3 is 10.3 Å². The summed E-state index contributed by atoms with van der Waals surface area (Å²) in [5.74, 6) is 0.765. The number of allylic oxidation sites excluding steroid dienone is 5. The van der Waals surface area contributed by atoms with Gasteiger partial charge in [0.05, 0.1) is 28.3 Å². The first-order valence-electron chi connectivity index (χ1n) is 12.3. The van der Waals surface area contributed by atoms with Gasteiger partial charge in [0.2, 0.25) is 5.91 Å². The molecule has 0 aliphatic heterocycles. The highest BCUT2D eigenvalue weighted by Gasteiger charge is 2.29. The van der Waals surface area contributed by atoms with Crippen molar-refractivity contribution in [2.45, 2.75) is 12.8 Å². The smallest absolute Gasteiger partial charge is 0.227 e. The van der Waals surface area contributed by atoms with E-state index in [9.17, 15) is 9.18 Å². The molecule has 1 aliphatic rings. The van der Waals surface area contributed by atoms with Gasteiger partial charge in [-0.15, -0.1) is 0 Å². The average molecular weight is 506 g/mol. The molecule has 3 N–H and O–H groups in total. The number of aromatic nitrogens is 6. The van der Waals surface area contributed by atoms with Gasteiger partial charge in [-0.2, -0.15) is 5.10 Å². The molecule has 188 valence electrons. The maximum absolute atomic E-state index is 12.3. The van der Waals surface area contributed by atoms with E-state index in [0.29, 0.717) is 22.9 Å². The van der Waals surface area contributed by atoms with Gasteiger partial charge in [-0.25, -0.2) is 14.4 Å². The Morgan fingerprint density at radius 3 is 2.87 bits per heavy atom. The summed E-state index contributed by atoms with van der Waals surface area (Å²) in [5.41, 5.74) is 6.83. The highest BCUT2D eigenvalue weighted by molar-refractivity contribution is 5.97. The number of aromatic amines is 2. The number of rotatable bonds is 8. The van der Waals surface area contributed by atoms with Crippen LogP contribution in [0.5, 0.6) is 0 Å². The lowest BCUT2D eigenvalue weighted by Crippen LogP contribution is -2.13. The van der Waals surface area contributed by atoms with Gasteiger partial charge in [-0.1, -0.05) is 43.0 Å². The second-order valence-corrected chi connectivity index (χ2v) is 9.17. The minimum Gasteiger partial charge on any atom is -0.337 e. The molecule has 1 amide bonds. The minimum atomic E-state index is -0.511. The molecule has 4 aromatic heterocycles. The quantitative estimate of drug-likeness (QED) is 0.224. The van der Waals surface area contributed by atoms with Gasteiger partial charge in [0.15, 0.2) is 11.5 Å². The minimum absolute atomic E-state index is 0.0355. The SMILES string of the molecule is C=C(/C=C\C=C/CF)c1cccc2[nH]c(-c3[nH]nc4ncc(-c5cncc(NC(=O)C6CC6)c5)cc34)nc12. The summed E-state index contributed by atoms with van der Waals surface area (Å²) in [5, 5.41) is 11.2. The summed E-state index contributed by atoms with van der Waals surface area (Å²) in [6, 6.07) is 9.71. The van der Waals surface area contributed by atoms with Crippen LogP contribution in [0.2, 0.25) is 0 Å². The molecule has 5 aromatic rings. The molecule has 0 radical (unpaired) electrons. The number of fused-ring (bicyclic) bond motifs is 2. The number of H-pyrrole nitrogens is 2. The summed E-state index contributed by atoms with van der Waals surface area (Å²) in [6.07, 6.45) is 13.7. The van der Waals surface area contributed by atoms with Gasteiger partial charge in [0.1, 0.15) is 12.4 Å². The Bertz CT molecular complexity index is 1740. The molecule has 1 aliphatic carbocycles. The number of para-hydroxylation sites is 1. The fourth-order valence-corrected chi connectivity index (χ4v) is 4.30. The van der Waals surface area contributed by atoms with Crippen molar-refractivity contribution < 1.29 is 9.18 Å². The zero-order chi connectivity index (χ0) is 26.1. The van der Waals surface area contributed by atoms with Gasteiger partial charge in [0.25, 0.3) is 0 Å². The Balaban J connectivity index is 1.34. The predicted octanol–water partition coefficient (Wildman–Crippen LogP) is 6.01. The monoisotopic (exact) mass is 505 g/mol. The molecule has 4 heterocycles. The molecule has 0 unspecified atom stereocenters. The molecule has 9 heteroatoms. The summed E-state index contributed by atoms with van der Waals surface area (Å²) >= 11 is 0. The van der Waals surface area contributed by atoms with Crippen molar-refractivity contribution in [3.63, 3.8) is 0 Å². The van der Waals surface area contributed by atoms with Crippen LogP contribution in [0.1, 0.15) is 18.4 Å². The van der Waals surface area contributed by atoms with Crippen molar-refractivity contribution in [2.75, 3.05) is 12.0 Å². The lowest BCUT2D eigenvalue weighted by molar-refractivity contribution is -0.117. The Morgan fingerprint density at radius 1 is 1.16 bits per heavy atom. The number of carbonyl (C=O) groups excluding carboxylic acids is 1. The number of nitrogens with zero attached hydrogens (tertiary/aromatic N) is 4. The zero-order valence-corrected chi connectivity index (χ0v) is 20.4. The Labute approximate surface area is 217 Å². The lowest BCUT2D eigenvalue weighted by Gasteiger charge is -2.06. The summed E-state index contributed by atoms with van der Waals surface area (Å²) in [6.45, 7) is 3.64. The van der Waals surface area contributed by atoms with E-state index in [1.54, 1.807) is 30.7 Å². The van der Waals surface area contributed by atoms with Crippen LogP contribution in [0.15, 0.2) is 79.8 Å². The van der Waals surface area contributed by atoms with Crippen LogP contribution in [0, 0.1) is 5.92 Å². The van der Waals surface area contributed by atoms with Crippen LogP contribution in [-0.4, -0.2) is 42.7 Å². The van der Waals surface area contributed by atoms with Crippen LogP contribution in [0.3, 0.4) is 0 Å². The number of alkyl halides is 1. The van der Waals surface area contributed by atoms with E-state index in [1.165, 1.54) is 6.08 Å².